The van der Waals surface area contributed by atoms with Gasteiger partial charge in [-0.25, -0.2) is 8.78 Å². The fraction of sp³-hybridized carbons (Fsp3) is 0.308. The smallest absolute Gasteiger partial charge is 0.148 e. The SMILES string of the molecule is CC(C)(C)Nc1cc(-c2ccc(F)cc2F)[nH]n1. The molecule has 0 radical (unpaired) electrons. The Hall–Kier alpha value is -1.91. The molecule has 0 atom stereocenters. The Morgan fingerprint density at radius 3 is 2.50 bits per heavy atom. The van der Waals surface area contributed by atoms with Gasteiger partial charge in [-0.05, 0) is 32.9 Å². The van der Waals surface area contributed by atoms with Crippen LogP contribution >= 0.6 is 0 Å². The van der Waals surface area contributed by atoms with Gasteiger partial charge < -0.3 is 5.32 Å². The summed E-state index contributed by atoms with van der Waals surface area (Å²) >= 11 is 0. The molecule has 0 saturated heterocycles. The van der Waals surface area contributed by atoms with E-state index in [0.29, 0.717) is 17.1 Å². The van der Waals surface area contributed by atoms with Gasteiger partial charge in [0.15, 0.2) is 0 Å². The van der Waals surface area contributed by atoms with Crippen molar-refractivity contribution in [2.45, 2.75) is 26.3 Å². The van der Waals surface area contributed by atoms with Gasteiger partial charge in [-0.3, -0.25) is 5.10 Å². The Balaban J connectivity index is 2.29. The van der Waals surface area contributed by atoms with Gasteiger partial charge in [-0.15, -0.1) is 0 Å². The van der Waals surface area contributed by atoms with E-state index >= 15 is 0 Å². The summed E-state index contributed by atoms with van der Waals surface area (Å²) in [7, 11) is 0. The summed E-state index contributed by atoms with van der Waals surface area (Å²) in [5, 5.41) is 9.94. The van der Waals surface area contributed by atoms with Crippen LogP contribution in [-0.2, 0) is 0 Å². The molecule has 0 aliphatic rings. The molecule has 0 amide bonds. The Morgan fingerprint density at radius 2 is 1.89 bits per heavy atom. The van der Waals surface area contributed by atoms with E-state index in [4.69, 9.17) is 0 Å². The van der Waals surface area contributed by atoms with Crippen LogP contribution in [0.2, 0.25) is 0 Å². The third kappa shape index (κ3) is 2.85. The number of hydrogen-bond donors (Lipinski definition) is 2. The van der Waals surface area contributed by atoms with Gasteiger partial charge in [0, 0.05) is 23.2 Å². The number of rotatable bonds is 2. The van der Waals surface area contributed by atoms with Crippen LogP contribution in [0.4, 0.5) is 14.6 Å². The van der Waals surface area contributed by atoms with Crippen molar-refractivity contribution in [1.29, 1.82) is 0 Å². The molecular weight excluding hydrogens is 236 g/mol. The first-order chi connectivity index (χ1) is 8.35. The van der Waals surface area contributed by atoms with Crippen molar-refractivity contribution >= 4 is 5.82 Å². The zero-order valence-corrected chi connectivity index (χ0v) is 10.5. The predicted octanol–water partition coefficient (Wildman–Crippen LogP) is 3.57. The highest BCUT2D eigenvalue weighted by atomic mass is 19.1. The Morgan fingerprint density at radius 1 is 1.17 bits per heavy atom. The van der Waals surface area contributed by atoms with Gasteiger partial charge >= 0.3 is 0 Å². The lowest BCUT2D eigenvalue weighted by molar-refractivity contribution is 0.585. The summed E-state index contributed by atoms with van der Waals surface area (Å²) in [6, 6.07) is 5.16. The molecule has 0 aliphatic heterocycles. The van der Waals surface area contributed by atoms with E-state index in [9.17, 15) is 8.78 Å². The number of nitrogens with zero attached hydrogens (tertiary/aromatic N) is 1. The van der Waals surface area contributed by atoms with Crippen molar-refractivity contribution in [2.75, 3.05) is 5.32 Å². The zero-order valence-electron chi connectivity index (χ0n) is 10.5. The van der Waals surface area contributed by atoms with Gasteiger partial charge in [-0.1, -0.05) is 0 Å². The average Bonchev–Trinajstić information content (AvgIpc) is 2.63. The third-order valence-electron chi connectivity index (χ3n) is 2.30. The number of halogens is 2. The fourth-order valence-corrected chi connectivity index (χ4v) is 1.62. The van der Waals surface area contributed by atoms with Crippen molar-refractivity contribution in [1.82, 2.24) is 10.2 Å². The number of aromatic nitrogens is 2. The molecular formula is C13H15F2N3. The largest absolute Gasteiger partial charge is 0.364 e. The highest BCUT2D eigenvalue weighted by molar-refractivity contribution is 5.63. The molecule has 18 heavy (non-hydrogen) atoms. The zero-order chi connectivity index (χ0) is 13.3. The lowest BCUT2D eigenvalue weighted by atomic mass is 10.1. The second-order valence-electron chi connectivity index (χ2n) is 5.17. The highest BCUT2D eigenvalue weighted by Crippen LogP contribution is 2.24. The minimum atomic E-state index is -0.610. The molecule has 0 bridgehead atoms. The molecule has 0 fully saturated rings. The molecule has 1 heterocycles. The van der Waals surface area contributed by atoms with Crippen molar-refractivity contribution in [3.8, 4) is 11.3 Å². The molecule has 2 N–H and O–H groups in total. The maximum atomic E-state index is 13.6. The molecule has 3 nitrogen and oxygen atoms in total. The topological polar surface area (TPSA) is 40.7 Å². The molecule has 1 aromatic heterocycles. The number of hydrogen-bond acceptors (Lipinski definition) is 2. The standard InChI is InChI=1S/C13H15F2N3/c1-13(2,3)16-12-7-11(17-18-12)9-5-4-8(14)6-10(9)15/h4-7H,1-3H3,(H2,16,17,18). The molecule has 0 aliphatic carbocycles. The lowest BCUT2D eigenvalue weighted by Crippen LogP contribution is -2.26. The Bertz CT molecular complexity index is 556. The molecule has 0 saturated carbocycles. The van der Waals surface area contributed by atoms with Gasteiger partial charge in [0.1, 0.15) is 17.5 Å². The van der Waals surface area contributed by atoms with Gasteiger partial charge in [0.05, 0.1) is 5.69 Å². The van der Waals surface area contributed by atoms with Gasteiger partial charge in [0.25, 0.3) is 0 Å². The minimum Gasteiger partial charge on any atom is -0.364 e. The number of benzene rings is 1. The lowest BCUT2D eigenvalue weighted by Gasteiger charge is -2.19. The second-order valence-corrected chi connectivity index (χ2v) is 5.17. The molecule has 0 spiro atoms. The van der Waals surface area contributed by atoms with Crippen LogP contribution in [0.25, 0.3) is 11.3 Å². The summed E-state index contributed by atoms with van der Waals surface area (Å²) in [6.45, 7) is 6.00. The highest BCUT2D eigenvalue weighted by Gasteiger charge is 2.13. The first kappa shape index (κ1) is 12.5. The summed E-state index contributed by atoms with van der Waals surface area (Å²) in [5.41, 5.74) is 0.679. The Labute approximate surface area is 104 Å². The maximum Gasteiger partial charge on any atom is 0.148 e. The van der Waals surface area contributed by atoms with Crippen LogP contribution in [0, 0.1) is 11.6 Å². The van der Waals surface area contributed by atoms with Crippen LogP contribution in [0.1, 0.15) is 20.8 Å². The van der Waals surface area contributed by atoms with Crippen molar-refractivity contribution in [3.05, 3.63) is 35.9 Å². The second kappa shape index (κ2) is 4.40. The van der Waals surface area contributed by atoms with E-state index in [2.05, 4.69) is 15.5 Å². The quantitative estimate of drug-likeness (QED) is 0.856. The van der Waals surface area contributed by atoms with E-state index in [1.165, 1.54) is 12.1 Å². The molecule has 2 aromatic rings. The average molecular weight is 251 g/mol. The Kier molecular flexibility index (Phi) is 3.07. The van der Waals surface area contributed by atoms with E-state index in [0.717, 1.165) is 6.07 Å². The summed E-state index contributed by atoms with van der Waals surface area (Å²) in [4.78, 5) is 0. The van der Waals surface area contributed by atoms with Crippen molar-refractivity contribution in [3.63, 3.8) is 0 Å². The first-order valence-electron chi connectivity index (χ1n) is 5.64. The van der Waals surface area contributed by atoms with Crippen LogP contribution in [0.15, 0.2) is 24.3 Å². The van der Waals surface area contributed by atoms with E-state index < -0.39 is 11.6 Å². The molecule has 2 rings (SSSR count). The monoisotopic (exact) mass is 251 g/mol. The van der Waals surface area contributed by atoms with E-state index in [1.807, 2.05) is 20.8 Å². The van der Waals surface area contributed by atoms with Gasteiger partial charge in [0.2, 0.25) is 0 Å². The van der Waals surface area contributed by atoms with E-state index in [-0.39, 0.29) is 5.54 Å². The molecule has 1 aromatic carbocycles. The van der Waals surface area contributed by atoms with Gasteiger partial charge in [-0.2, -0.15) is 5.10 Å². The summed E-state index contributed by atoms with van der Waals surface area (Å²) < 4.78 is 26.4. The number of anilines is 1. The third-order valence-corrected chi connectivity index (χ3v) is 2.30. The minimum absolute atomic E-state index is 0.131. The fourth-order valence-electron chi connectivity index (χ4n) is 1.62. The van der Waals surface area contributed by atoms with Crippen LogP contribution in [0.5, 0.6) is 0 Å². The summed E-state index contributed by atoms with van der Waals surface area (Å²) in [6.07, 6.45) is 0. The molecule has 0 unspecified atom stereocenters. The van der Waals surface area contributed by atoms with Crippen LogP contribution in [-0.4, -0.2) is 15.7 Å². The van der Waals surface area contributed by atoms with Crippen molar-refractivity contribution < 1.29 is 8.78 Å². The van der Waals surface area contributed by atoms with Crippen LogP contribution < -0.4 is 5.32 Å². The van der Waals surface area contributed by atoms with E-state index in [1.54, 1.807) is 6.07 Å². The number of H-pyrrole nitrogens is 1. The van der Waals surface area contributed by atoms with Crippen LogP contribution in [0.3, 0.4) is 0 Å². The number of aromatic amines is 1. The van der Waals surface area contributed by atoms with Crippen molar-refractivity contribution in [2.24, 2.45) is 0 Å². The predicted molar refractivity (Wildman–Crippen MR) is 67.3 cm³/mol. The normalized spacial score (nSPS) is 11.6. The summed E-state index contributed by atoms with van der Waals surface area (Å²) in [5.74, 6) is -0.578. The molecule has 5 heteroatoms. The first-order valence-corrected chi connectivity index (χ1v) is 5.64. The maximum absolute atomic E-state index is 13.6. The number of nitrogens with one attached hydrogen (secondary N) is 2. The molecule has 96 valence electrons.